The van der Waals surface area contributed by atoms with Crippen molar-refractivity contribution in [3.05, 3.63) is 66.1 Å². The van der Waals surface area contributed by atoms with Gasteiger partial charge in [0.25, 0.3) is 0 Å². The molecule has 0 aliphatic heterocycles. The standard InChI is InChI=1S/C21H20N4O2S/c1-13-19(15-8-4-5-9-16(15)23-13)20(26)14(2)28-21-24-22-12-25(21)17-10-6-7-11-18(17)27-3/h4-12,14,23H,1-3H3. The third-order valence-electron chi connectivity index (χ3n) is 4.65. The number of thioether (sulfide) groups is 1. The van der Waals surface area contributed by atoms with E-state index in [2.05, 4.69) is 15.2 Å². The van der Waals surface area contributed by atoms with Crippen LogP contribution in [0.5, 0.6) is 5.75 Å². The van der Waals surface area contributed by atoms with E-state index in [0.717, 1.165) is 33.6 Å². The zero-order valence-electron chi connectivity index (χ0n) is 15.8. The number of fused-ring (bicyclic) bond motifs is 1. The van der Waals surface area contributed by atoms with E-state index in [1.54, 1.807) is 13.4 Å². The van der Waals surface area contributed by atoms with Crippen molar-refractivity contribution in [3.63, 3.8) is 0 Å². The maximum absolute atomic E-state index is 13.2. The molecule has 2 heterocycles. The summed E-state index contributed by atoms with van der Waals surface area (Å²) in [7, 11) is 1.63. The molecule has 7 heteroatoms. The molecule has 0 aliphatic carbocycles. The number of carbonyl (C=O) groups is 1. The second-order valence-electron chi connectivity index (χ2n) is 6.45. The number of ketones is 1. The molecule has 0 saturated carbocycles. The summed E-state index contributed by atoms with van der Waals surface area (Å²) in [6.07, 6.45) is 1.63. The third kappa shape index (κ3) is 3.18. The molecule has 28 heavy (non-hydrogen) atoms. The van der Waals surface area contributed by atoms with Gasteiger partial charge in [-0.2, -0.15) is 0 Å². The Morgan fingerprint density at radius 1 is 1.18 bits per heavy atom. The van der Waals surface area contributed by atoms with Crippen molar-refractivity contribution in [2.75, 3.05) is 7.11 Å². The molecule has 2 aromatic carbocycles. The summed E-state index contributed by atoms with van der Waals surface area (Å²) in [4.78, 5) is 16.5. The minimum atomic E-state index is -0.324. The lowest BCUT2D eigenvalue weighted by atomic mass is 10.1. The van der Waals surface area contributed by atoms with Gasteiger partial charge in [0.1, 0.15) is 12.1 Å². The molecule has 6 nitrogen and oxygen atoms in total. The second-order valence-corrected chi connectivity index (χ2v) is 7.76. The van der Waals surface area contributed by atoms with Crippen LogP contribution in [0.15, 0.2) is 60.0 Å². The van der Waals surface area contributed by atoms with Gasteiger partial charge >= 0.3 is 0 Å². The molecular formula is C21H20N4O2S. The molecule has 1 N–H and O–H groups in total. The first-order valence-corrected chi connectivity index (χ1v) is 9.79. The molecule has 0 amide bonds. The fourth-order valence-electron chi connectivity index (χ4n) is 3.31. The Kier molecular flexibility index (Phi) is 4.92. The smallest absolute Gasteiger partial charge is 0.196 e. The number of aromatic amines is 1. The van der Waals surface area contributed by atoms with E-state index < -0.39 is 0 Å². The van der Waals surface area contributed by atoms with Gasteiger partial charge in [0.15, 0.2) is 10.9 Å². The van der Waals surface area contributed by atoms with Gasteiger partial charge in [-0.25, -0.2) is 0 Å². The van der Waals surface area contributed by atoms with Crippen molar-refractivity contribution in [1.82, 2.24) is 19.7 Å². The van der Waals surface area contributed by atoms with Crippen LogP contribution in [0, 0.1) is 6.92 Å². The first-order chi connectivity index (χ1) is 13.6. The Morgan fingerprint density at radius 3 is 2.75 bits per heavy atom. The topological polar surface area (TPSA) is 72.8 Å². The van der Waals surface area contributed by atoms with E-state index in [4.69, 9.17) is 4.74 Å². The van der Waals surface area contributed by atoms with Crippen molar-refractivity contribution < 1.29 is 9.53 Å². The van der Waals surface area contributed by atoms with E-state index in [0.29, 0.717) is 5.16 Å². The zero-order valence-corrected chi connectivity index (χ0v) is 16.7. The second kappa shape index (κ2) is 7.52. The predicted octanol–water partition coefficient (Wildman–Crippen LogP) is 4.43. The van der Waals surface area contributed by atoms with Gasteiger partial charge < -0.3 is 9.72 Å². The molecule has 0 saturated heterocycles. The molecule has 4 rings (SSSR count). The summed E-state index contributed by atoms with van der Waals surface area (Å²) in [5.74, 6) is 0.783. The minimum Gasteiger partial charge on any atom is -0.495 e. The summed E-state index contributed by atoms with van der Waals surface area (Å²) in [6.45, 7) is 3.83. The van der Waals surface area contributed by atoms with Crippen LogP contribution in [0.3, 0.4) is 0 Å². The number of hydrogen-bond donors (Lipinski definition) is 1. The minimum absolute atomic E-state index is 0.0644. The molecule has 0 bridgehead atoms. The summed E-state index contributed by atoms with van der Waals surface area (Å²) in [5, 5.41) is 9.52. The Morgan fingerprint density at radius 2 is 1.93 bits per heavy atom. The Bertz CT molecular complexity index is 1150. The predicted molar refractivity (Wildman–Crippen MR) is 111 cm³/mol. The summed E-state index contributed by atoms with van der Waals surface area (Å²) >= 11 is 1.38. The summed E-state index contributed by atoms with van der Waals surface area (Å²) < 4.78 is 7.29. The Balaban J connectivity index is 1.65. The number of nitrogens with zero attached hydrogens (tertiary/aromatic N) is 3. The van der Waals surface area contributed by atoms with E-state index in [1.807, 2.05) is 66.9 Å². The highest BCUT2D eigenvalue weighted by Gasteiger charge is 2.24. The quantitative estimate of drug-likeness (QED) is 0.388. The van der Waals surface area contributed by atoms with Crippen molar-refractivity contribution in [1.29, 1.82) is 0 Å². The molecule has 142 valence electrons. The molecule has 1 unspecified atom stereocenters. The first-order valence-electron chi connectivity index (χ1n) is 8.91. The van der Waals surface area contributed by atoms with Gasteiger partial charge in [-0.05, 0) is 32.0 Å². The monoisotopic (exact) mass is 392 g/mol. The lowest BCUT2D eigenvalue weighted by Crippen LogP contribution is -2.15. The van der Waals surface area contributed by atoms with E-state index in [-0.39, 0.29) is 11.0 Å². The Hall–Kier alpha value is -3.06. The van der Waals surface area contributed by atoms with Crippen LogP contribution in [0.2, 0.25) is 0 Å². The molecule has 2 aromatic heterocycles. The number of nitrogens with one attached hydrogen (secondary N) is 1. The van der Waals surface area contributed by atoms with Crippen LogP contribution in [-0.4, -0.2) is 37.9 Å². The maximum atomic E-state index is 13.2. The van der Waals surface area contributed by atoms with Crippen molar-refractivity contribution in [2.45, 2.75) is 24.3 Å². The lowest BCUT2D eigenvalue weighted by molar-refractivity contribution is 0.0995. The van der Waals surface area contributed by atoms with Gasteiger partial charge in [-0.15, -0.1) is 10.2 Å². The number of methoxy groups -OCH3 is 1. The Labute approximate surface area is 166 Å². The van der Waals surface area contributed by atoms with E-state index >= 15 is 0 Å². The molecule has 0 radical (unpaired) electrons. The van der Waals surface area contributed by atoms with Crippen LogP contribution in [0.4, 0.5) is 0 Å². The molecule has 0 spiro atoms. The molecule has 4 aromatic rings. The first kappa shape index (κ1) is 18.3. The molecule has 1 atom stereocenters. The molecule has 0 aliphatic rings. The van der Waals surface area contributed by atoms with Gasteiger partial charge in [0.2, 0.25) is 0 Å². The highest BCUT2D eigenvalue weighted by molar-refractivity contribution is 8.00. The number of hydrogen-bond acceptors (Lipinski definition) is 5. The van der Waals surface area contributed by atoms with Crippen LogP contribution >= 0.6 is 11.8 Å². The van der Waals surface area contributed by atoms with Gasteiger partial charge in [-0.3, -0.25) is 9.36 Å². The third-order valence-corrected chi connectivity index (χ3v) is 5.71. The highest BCUT2D eigenvalue weighted by Crippen LogP contribution is 2.32. The number of rotatable bonds is 6. The number of aromatic nitrogens is 4. The number of ether oxygens (including phenoxy) is 1. The number of aryl methyl sites for hydroxylation is 1. The molecule has 0 fully saturated rings. The normalized spacial score (nSPS) is 12.2. The fraction of sp³-hybridized carbons (Fsp3) is 0.190. The van der Waals surface area contributed by atoms with Crippen LogP contribution in [-0.2, 0) is 0 Å². The van der Waals surface area contributed by atoms with Gasteiger partial charge in [0.05, 0.1) is 18.0 Å². The van der Waals surface area contributed by atoms with Gasteiger partial charge in [-0.1, -0.05) is 42.1 Å². The number of carbonyl (C=O) groups excluding carboxylic acids is 1. The average Bonchev–Trinajstić information content (AvgIpc) is 3.30. The number of Topliss-reactive ketones (excluding diaryl/α,β-unsaturated/α-hetero) is 1. The van der Waals surface area contributed by atoms with E-state index in [1.165, 1.54) is 11.8 Å². The average molecular weight is 392 g/mol. The van der Waals surface area contributed by atoms with Crippen molar-refractivity contribution in [2.24, 2.45) is 0 Å². The van der Waals surface area contributed by atoms with Crippen LogP contribution in [0.25, 0.3) is 16.6 Å². The maximum Gasteiger partial charge on any atom is 0.196 e. The molecular weight excluding hydrogens is 372 g/mol. The number of benzene rings is 2. The van der Waals surface area contributed by atoms with Crippen molar-refractivity contribution >= 4 is 28.4 Å². The fourth-order valence-corrected chi connectivity index (χ4v) is 4.20. The summed E-state index contributed by atoms with van der Waals surface area (Å²) in [5.41, 5.74) is 3.42. The van der Waals surface area contributed by atoms with Crippen molar-refractivity contribution in [3.8, 4) is 11.4 Å². The van der Waals surface area contributed by atoms with Gasteiger partial charge in [0, 0.05) is 22.2 Å². The van der Waals surface area contributed by atoms with E-state index in [9.17, 15) is 4.79 Å². The summed E-state index contributed by atoms with van der Waals surface area (Å²) in [6, 6.07) is 15.5. The SMILES string of the molecule is COc1ccccc1-n1cnnc1SC(C)C(=O)c1c(C)[nH]c2ccccc12. The number of H-pyrrole nitrogens is 1. The lowest BCUT2D eigenvalue weighted by Gasteiger charge is -2.13. The van der Waals surface area contributed by atoms with Crippen LogP contribution in [0.1, 0.15) is 23.0 Å². The zero-order chi connectivity index (χ0) is 19.7. The van der Waals surface area contributed by atoms with Crippen LogP contribution < -0.4 is 4.74 Å². The largest absolute Gasteiger partial charge is 0.495 e. The number of para-hydroxylation sites is 3. The highest BCUT2D eigenvalue weighted by atomic mass is 32.2.